The largest absolute Gasteiger partial charge is 0.497 e. The monoisotopic (exact) mass is 276 g/mol. The lowest BCUT2D eigenvalue weighted by atomic mass is 10.2. The van der Waals surface area contributed by atoms with Gasteiger partial charge in [0.25, 0.3) is 0 Å². The lowest BCUT2D eigenvalue weighted by Gasteiger charge is -2.03. The van der Waals surface area contributed by atoms with Gasteiger partial charge in [0.2, 0.25) is 0 Å². The van der Waals surface area contributed by atoms with Crippen LogP contribution in [-0.4, -0.2) is 13.4 Å². The van der Waals surface area contributed by atoms with Crippen molar-refractivity contribution in [3.8, 4) is 5.75 Å². The van der Waals surface area contributed by atoms with Gasteiger partial charge in [-0.1, -0.05) is 6.07 Å². The van der Waals surface area contributed by atoms with Crippen molar-refractivity contribution in [3.63, 3.8) is 0 Å². The minimum absolute atomic E-state index is 0.474. The average Bonchev–Trinajstić information content (AvgIpc) is 2.09. The quantitative estimate of drug-likeness (QED) is 0.624. The van der Waals surface area contributed by atoms with Crippen LogP contribution in [-0.2, 0) is 11.2 Å². The van der Waals surface area contributed by atoms with Gasteiger partial charge in [-0.2, -0.15) is 0 Å². The van der Waals surface area contributed by atoms with E-state index in [-0.39, 0.29) is 0 Å². The molecule has 12 heavy (non-hydrogen) atoms. The molecule has 0 radical (unpaired) electrons. The Labute approximate surface area is 85.1 Å². The molecule has 0 bridgehead atoms. The first kappa shape index (κ1) is 9.51. The van der Waals surface area contributed by atoms with Crippen molar-refractivity contribution in [1.82, 2.24) is 0 Å². The molecule has 0 saturated heterocycles. The molecule has 0 amide bonds. The molecule has 3 heteroatoms. The first-order chi connectivity index (χ1) is 5.77. The van der Waals surface area contributed by atoms with E-state index in [1.54, 1.807) is 7.11 Å². The Morgan fingerprint density at radius 3 is 2.83 bits per heavy atom. The summed E-state index contributed by atoms with van der Waals surface area (Å²) in [6.45, 7) is 0. The Morgan fingerprint density at radius 1 is 1.58 bits per heavy atom. The number of hydrogen-bond donors (Lipinski definition) is 0. The number of aldehydes is 1. The molecule has 1 aromatic rings. The summed E-state index contributed by atoms with van der Waals surface area (Å²) in [5.41, 5.74) is 1.05. The molecule has 0 aliphatic rings. The van der Waals surface area contributed by atoms with E-state index in [9.17, 15) is 4.79 Å². The molecule has 0 fully saturated rings. The molecule has 0 aliphatic carbocycles. The van der Waals surface area contributed by atoms with Gasteiger partial charge in [0, 0.05) is 9.99 Å². The van der Waals surface area contributed by atoms with Gasteiger partial charge in [-0.25, -0.2) is 0 Å². The molecule has 1 rings (SSSR count). The zero-order valence-electron chi connectivity index (χ0n) is 6.71. The molecule has 0 atom stereocenters. The van der Waals surface area contributed by atoms with Crippen molar-refractivity contribution in [3.05, 3.63) is 27.3 Å². The number of halogens is 1. The second-order valence-electron chi connectivity index (χ2n) is 2.33. The lowest BCUT2D eigenvalue weighted by Crippen LogP contribution is -1.91. The molecule has 64 valence electrons. The molecule has 0 unspecified atom stereocenters. The third-order valence-electron chi connectivity index (χ3n) is 1.56. The van der Waals surface area contributed by atoms with Crippen molar-refractivity contribution in [1.29, 1.82) is 0 Å². The molecule has 0 heterocycles. The normalized spacial score (nSPS) is 9.50. The van der Waals surface area contributed by atoms with Crippen LogP contribution in [0.3, 0.4) is 0 Å². The van der Waals surface area contributed by atoms with Crippen LogP contribution in [0.5, 0.6) is 5.75 Å². The van der Waals surface area contributed by atoms with Crippen LogP contribution < -0.4 is 4.74 Å². The lowest BCUT2D eigenvalue weighted by molar-refractivity contribution is -0.107. The van der Waals surface area contributed by atoms with Gasteiger partial charge >= 0.3 is 0 Å². The number of hydrogen-bond acceptors (Lipinski definition) is 2. The molecule has 0 spiro atoms. The van der Waals surface area contributed by atoms with Crippen molar-refractivity contribution in [2.75, 3.05) is 7.11 Å². The van der Waals surface area contributed by atoms with Crippen LogP contribution in [0.25, 0.3) is 0 Å². The average molecular weight is 276 g/mol. The summed E-state index contributed by atoms with van der Waals surface area (Å²) in [6, 6.07) is 5.69. The Morgan fingerprint density at radius 2 is 2.33 bits per heavy atom. The summed E-state index contributed by atoms with van der Waals surface area (Å²) in [5.74, 6) is 0.828. The molecule has 2 nitrogen and oxygen atoms in total. The van der Waals surface area contributed by atoms with Gasteiger partial charge in [-0.05, 0) is 40.3 Å². The minimum Gasteiger partial charge on any atom is -0.497 e. The minimum atomic E-state index is 0.474. The molecule has 0 aromatic heterocycles. The molecular formula is C9H9IO2. The van der Waals surface area contributed by atoms with Crippen LogP contribution >= 0.6 is 22.6 Å². The maximum atomic E-state index is 10.2. The van der Waals surface area contributed by atoms with Crippen molar-refractivity contribution >= 4 is 28.9 Å². The first-order valence-electron chi connectivity index (χ1n) is 3.54. The number of benzene rings is 1. The fraction of sp³-hybridized carbons (Fsp3) is 0.222. The highest BCUT2D eigenvalue weighted by molar-refractivity contribution is 14.1. The number of carbonyl (C=O) groups is 1. The SMILES string of the molecule is COc1ccc(CC=O)c(I)c1. The smallest absolute Gasteiger partial charge is 0.124 e. The summed E-state index contributed by atoms with van der Waals surface area (Å²) in [4.78, 5) is 10.2. The van der Waals surface area contributed by atoms with E-state index in [4.69, 9.17) is 4.74 Å². The highest BCUT2D eigenvalue weighted by atomic mass is 127. The van der Waals surface area contributed by atoms with Crippen LogP contribution in [0, 0.1) is 3.57 Å². The van der Waals surface area contributed by atoms with Crippen LogP contribution in [0.1, 0.15) is 5.56 Å². The zero-order valence-corrected chi connectivity index (χ0v) is 8.87. The van der Waals surface area contributed by atoms with Gasteiger partial charge in [0.05, 0.1) is 7.11 Å². The standard InChI is InChI=1S/C9H9IO2/c1-12-8-3-2-7(4-5-11)9(10)6-8/h2-3,5-6H,4H2,1H3. The highest BCUT2D eigenvalue weighted by Crippen LogP contribution is 2.19. The summed E-state index contributed by atoms with van der Waals surface area (Å²) in [7, 11) is 1.63. The Bertz CT molecular complexity index is 284. The Kier molecular flexibility index (Phi) is 3.52. The summed E-state index contributed by atoms with van der Waals surface area (Å²) in [6.07, 6.45) is 1.38. The van der Waals surface area contributed by atoms with Gasteiger partial charge in [-0.15, -0.1) is 0 Å². The van der Waals surface area contributed by atoms with Crippen molar-refractivity contribution in [2.45, 2.75) is 6.42 Å². The van der Waals surface area contributed by atoms with E-state index in [0.29, 0.717) is 6.42 Å². The number of rotatable bonds is 3. The maximum absolute atomic E-state index is 10.2. The topological polar surface area (TPSA) is 26.3 Å². The molecule has 0 aliphatic heterocycles. The first-order valence-corrected chi connectivity index (χ1v) is 4.62. The van der Waals surface area contributed by atoms with E-state index in [2.05, 4.69) is 22.6 Å². The van der Waals surface area contributed by atoms with Crippen molar-refractivity contribution in [2.24, 2.45) is 0 Å². The van der Waals surface area contributed by atoms with Crippen LogP contribution in [0.15, 0.2) is 18.2 Å². The van der Waals surface area contributed by atoms with Gasteiger partial charge in [0.1, 0.15) is 12.0 Å². The zero-order chi connectivity index (χ0) is 8.97. The predicted molar refractivity (Wildman–Crippen MR) is 55.5 cm³/mol. The van der Waals surface area contributed by atoms with Crippen molar-refractivity contribution < 1.29 is 9.53 Å². The van der Waals surface area contributed by atoms with E-state index < -0.39 is 0 Å². The van der Waals surface area contributed by atoms with E-state index in [1.807, 2.05) is 18.2 Å². The summed E-state index contributed by atoms with van der Waals surface area (Å²) < 4.78 is 6.10. The number of carbonyl (C=O) groups excluding carboxylic acids is 1. The number of methoxy groups -OCH3 is 1. The third-order valence-corrected chi connectivity index (χ3v) is 2.57. The fourth-order valence-corrected chi connectivity index (χ4v) is 1.62. The highest BCUT2D eigenvalue weighted by Gasteiger charge is 1.99. The molecule has 0 saturated carbocycles. The third kappa shape index (κ3) is 2.20. The molecular weight excluding hydrogens is 267 g/mol. The summed E-state index contributed by atoms with van der Waals surface area (Å²) >= 11 is 2.19. The maximum Gasteiger partial charge on any atom is 0.124 e. The fourth-order valence-electron chi connectivity index (χ4n) is 0.910. The van der Waals surface area contributed by atoms with Gasteiger partial charge < -0.3 is 9.53 Å². The van der Waals surface area contributed by atoms with E-state index in [0.717, 1.165) is 21.2 Å². The molecule has 1 aromatic carbocycles. The number of ether oxygens (including phenoxy) is 1. The van der Waals surface area contributed by atoms with Gasteiger partial charge in [0.15, 0.2) is 0 Å². The Balaban J connectivity index is 2.94. The second-order valence-corrected chi connectivity index (χ2v) is 3.49. The van der Waals surface area contributed by atoms with E-state index >= 15 is 0 Å². The summed E-state index contributed by atoms with van der Waals surface area (Å²) in [5, 5.41) is 0. The second kappa shape index (κ2) is 4.45. The molecule has 0 N–H and O–H groups in total. The Hall–Kier alpha value is -0.580. The van der Waals surface area contributed by atoms with Crippen LogP contribution in [0.4, 0.5) is 0 Å². The van der Waals surface area contributed by atoms with Crippen LogP contribution in [0.2, 0.25) is 0 Å². The van der Waals surface area contributed by atoms with E-state index in [1.165, 1.54) is 0 Å². The van der Waals surface area contributed by atoms with Gasteiger partial charge in [-0.3, -0.25) is 0 Å². The predicted octanol–water partition coefficient (Wildman–Crippen LogP) is 2.04.